The van der Waals surface area contributed by atoms with Crippen LogP contribution in [0, 0.1) is 5.92 Å². The van der Waals surface area contributed by atoms with Gasteiger partial charge in [0.15, 0.2) is 5.82 Å². The molecule has 0 spiro atoms. The first-order valence-corrected chi connectivity index (χ1v) is 7.06. The van der Waals surface area contributed by atoms with Crippen LogP contribution in [0.25, 0.3) is 0 Å². The van der Waals surface area contributed by atoms with Crippen molar-refractivity contribution in [2.45, 2.75) is 65.5 Å². The van der Waals surface area contributed by atoms with Crippen molar-refractivity contribution in [2.75, 3.05) is 0 Å². The normalized spacial score (nSPS) is 15.8. The molecule has 3 atom stereocenters. The molecule has 1 heterocycles. The smallest absolute Gasteiger partial charge is 0.248 e. The van der Waals surface area contributed by atoms with Gasteiger partial charge < -0.3 is 15.6 Å². The lowest BCUT2D eigenvalue weighted by Crippen LogP contribution is -2.45. The maximum absolute atomic E-state index is 12.0. The van der Waals surface area contributed by atoms with E-state index in [1.165, 1.54) is 0 Å². The lowest BCUT2D eigenvalue weighted by molar-refractivity contribution is -0.124. The highest BCUT2D eigenvalue weighted by Crippen LogP contribution is 2.20. The third-order valence-electron chi connectivity index (χ3n) is 3.40. The third-order valence-corrected chi connectivity index (χ3v) is 3.40. The number of rotatable bonds is 5. The molecule has 3 unspecified atom stereocenters. The topological polar surface area (TPSA) is 94.0 Å². The summed E-state index contributed by atoms with van der Waals surface area (Å²) in [5.41, 5.74) is 5.71. The van der Waals surface area contributed by atoms with Crippen molar-refractivity contribution in [1.29, 1.82) is 0 Å². The Bertz CT molecular complexity index is 456. The van der Waals surface area contributed by atoms with Crippen LogP contribution in [-0.4, -0.2) is 22.1 Å². The molecule has 21 heavy (non-hydrogen) atoms. The Morgan fingerprint density at radius 3 is 2.38 bits per heavy atom. The molecule has 1 amide bonds. The van der Waals surface area contributed by atoms with Crippen molar-refractivity contribution in [3.63, 3.8) is 0 Å². The second kappa shape index (κ2) is 7.75. The van der Waals surface area contributed by atoms with E-state index in [1.807, 2.05) is 34.6 Å². The number of hydrogen-bond acceptors (Lipinski definition) is 5. The van der Waals surface area contributed by atoms with Gasteiger partial charge in [0.1, 0.15) is 6.04 Å². The van der Waals surface area contributed by atoms with E-state index in [9.17, 15) is 4.79 Å². The molecular formula is C14H27ClN4O2. The van der Waals surface area contributed by atoms with Gasteiger partial charge in [0.25, 0.3) is 0 Å². The fourth-order valence-electron chi connectivity index (χ4n) is 1.60. The Labute approximate surface area is 132 Å². The van der Waals surface area contributed by atoms with Gasteiger partial charge in [0, 0.05) is 5.41 Å². The van der Waals surface area contributed by atoms with E-state index in [-0.39, 0.29) is 35.7 Å². The second-order valence-corrected chi connectivity index (χ2v) is 6.35. The minimum Gasteiger partial charge on any atom is -0.343 e. The first-order valence-electron chi connectivity index (χ1n) is 7.06. The Kier molecular flexibility index (Phi) is 7.33. The standard InChI is InChI=1S/C14H26N4O2.ClH/c1-7-8(2)10(15)11(19)16-9(3)12-17-13(18-20-12)14(4,5)6;/h8-10H,7,15H2,1-6H3,(H,16,19);1H. The molecule has 7 heteroatoms. The van der Waals surface area contributed by atoms with E-state index in [1.54, 1.807) is 6.92 Å². The quantitative estimate of drug-likeness (QED) is 0.869. The van der Waals surface area contributed by atoms with Crippen molar-refractivity contribution in [2.24, 2.45) is 11.7 Å². The molecule has 0 saturated carbocycles. The molecule has 0 radical (unpaired) electrons. The average Bonchev–Trinajstić information content (AvgIpc) is 2.86. The Hall–Kier alpha value is -1.14. The highest BCUT2D eigenvalue weighted by Gasteiger charge is 2.26. The number of amides is 1. The zero-order chi connectivity index (χ0) is 15.5. The summed E-state index contributed by atoms with van der Waals surface area (Å²) in [7, 11) is 0. The average molecular weight is 319 g/mol. The monoisotopic (exact) mass is 318 g/mol. The van der Waals surface area contributed by atoms with E-state index >= 15 is 0 Å². The Morgan fingerprint density at radius 1 is 1.38 bits per heavy atom. The first kappa shape index (κ1) is 19.9. The molecule has 3 N–H and O–H groups in total. The lowest BCUT2D eigenvalue weighted by atomic mass is 9.96. The number of aromatic nitrogens is 2. The number of carbonyl (C=O) groups excluding carboxylic acids is 1. The number of halogens is 1. The van der Waals surface area contributed by atoms with Gasteiger partial charge in [-0.15, -0.1) is 12.4 Å². The van der Waals surface area contributed by atoms with Crippen molar-refractivity contribution in [1.82, 2.24) is 15.5 Å². The predicted molar refractivity (Wildman–Crippen MR) is 84.2 cm³/mol. The number of nitrogens with one attached hydrogen (secondary N) is 1. The first-order chi connectivity index (χ1) is 9.16. The van der Waals surface area contributed by atoms with Gasteiger partial charge in [0.2, 0.25) is 11.8 Å². The summed E-state index contributed by atoms with van der Waals surface area (Å²) in [6.07, 6.45) is 0.859. The molecular weight excluding hydrogens is 292 g/mol. The maximum Gasteiger partial charge on any atom is 0.248 e. The molecule has 0 aliphatic heterocycles. The summed E-state index contributed by atoms with van der Waals surface area (Å²) < 4.78 is 5.20. The SMILES string of the molecule is CCC(C)C(N)C(=O)NC(C)c1nc(C(C)(C)C)no1.Cl. The van der Waals surface area contributed by atoms with Gasteiger partial charge in [0.05, 0.1) is 6.04 Å². The number of hydrogen-bond donors (Lipinski definition) is 2. The summed E-state index contributed by atoms with van der Waals surface area (Å²) in [4.78, 5) is 16.3. The number of nitrogens with zero attached hydrogens (tertiary/aromatic N) is 2. The van der Waals surface area contributed by atoms with Crippen LogP contribution in [0.15, 0.2) is 4.52 Å². The Balaban J connectivity index is 0.00000400. The molecule has 1 aromatic heterocycles. The molecule has 0 fully saturated rings. The van der Waals surface area contributed by atoms with E-state index in [2.05, 4.69) is 15.5 Å². The zero-order valence-corrected chi connectivity index (χ0v) is 14.5. The van der Waals surface area contributed by atoms with Crippen molar-refractivity contribution in [3.8, 4) is 0 Å². The van der Waals surface area contributed by atoms with Crippen molar-refractivity contribution >= 4 is 18.3 Å². The van der Waals surface area contributed by atoms with E-state index < -0.39 is 6.04 Å². The third kappa shape index (κ3) is 5.28. The Morgan fingerprint density at radius 2 is 1.95 bits per heavy atom. The van der Waals surface area contributed by atoms with Crippen LogP contribution < -0.4 is 11.1 Å². The van der Waals surface area contributed by atoms with Crippen LogP contribution >= 0.6 is 12.4 Å². The van der Waals surface area contributed by atoms with Gasteiger partial charge in [-0.3, -0.25) is 4.79 Å². The minimum atomic E-state index is -0.521. The van der Waals surface area contributed by atoms with Crippen LogP contribution in [0.2, 0.25) is 0 Å². The fourth-order valence-corrected chi connectivity index (χ4v) is 1.60. The van der Waals surface area contributed by atoms with Crippen LogP contribution in [-0.2, 0) is 10.2 Å². The second-order valence-electron chi connectivity index (χ2n) is 6.35. The van der Waals surface area contributed by atoms with Crippen LogP contribution in [0.3, 0.4) is 0 Å². The number of carbonyl (C=O) groups is 1. The minimum absolute atomic E-state index is 0. The van der Waals surface area contributed by atoms with Gasteiger partial charge in [-0.25, -0.2) is 0 Å². The van der Waals surface area contributed by atoms with Crippen LogP contribution in [0.5, 0.6) is 0 Å². The largest absolute Gasteiger partial charge is 0.343 e. The van der Waals surface area contributed by atoms with Gasteiger partial charge in [-0.05, 0) is 12.8 Å². The van der Waals surface area contributed by atoms with E-state index in [0.29, 0.717) is 11.7 Å². The zero-order valence-electron chi connectivity index (χ0n) is 13.6. The van der Waals surface area contributed by atoms with Gasteiger partial charge >= 0.3 is 0 Å². The lowest BCUT2D eigenvalue weighted by Gasteiger charge is -2.19. The molecule has 0 bridgehead atoms. The predicted octanol–water partition coefficient (Wildman–Crippen LogP) is 2.34. The molecule has 0 aliphatic carbocycles. The van der Waals surface area contributed by atoms with Gasteiger partial charge in [-0.2, -0.15) is 4.98 Å². The maximum atomic E-state index is 12.0. The van der Waals surface area contributed by atoms with Gasteiger partial charge in [-0.1, -0.05) is 46.2 Å². The summed E-state index contributed by atoms with van der Waals surface area (Å²) in [5, 5.41) is 6.76. The molecule has 0 saturated heterocycles. The van der Waals surface area contributed by atoms with Crippen molar-refractivity contribution in [3.05, 3.63) is 11.7 Å². The van der Waals surface area contributed by atoms with Crippen LogP contribution in [0.1, 0.15) is 65.7 Å². The molecule has 1 rings (SSSR count). The summed E-state index contributed by atoms with van der Waals surface area (Å²) in [6.45, 7) is 11.8. The molecule has 0 aliphatic rings. The van der Waals surface area contributed by atoms with Crippen LogP contribution in [0.4, 0.5) is 0 Å². The summed E-state index contributed by atoms with van der Waals surface area (Å²) in [5.74, 6) is 0.969. The molecule has 1 aromatic rings. The number of nitrogens with two attached hydrogens (primary N) is 1. The van der Waals surface area contributed by atoms with E-state index in [4.69, 9.17) is 10.3 Å². The highest BCUT2D eigenvalue weighted by atomic mass is 35.5. The highest BCUT2D eigenvalue weighted by molar-refractivity contribution is 5.85. The fraction of sp³-hybridized carbons (Fsp3) is 0.786. The molecule has 122 valence electrons. The summed E-state index contributed by atoms with van der Waals surface area (Å²) in [6, 6.07) is -0.867. The summed E-state index contributed by atoms with van der Waals surface area (Å²) >= 11 is 0. The van der Waals surface area contributed by atoms with E-state index in [0.717, 1.165) is 6.42 Å². The van der Waals surface area contributed by atoms with Crippen molar-refractivity contribution < 1.29 is 9.32 Å². The molecule has 0 aromatic carbocycles. The molecule has 6 nitrogen and oxygen atoms in total.